The molecule has 0 radical (unpaired) electrons. The van der Waals surface area contributed by atoms with E-state index in [1.807, 2.05) is 20.8 Å². The Hall–Kier alpha value is -1.42. The van der Waals surface area contributed by atoms with Crippen molar-refractivity contribution in [3.8, 4) is 0 Å². The molecule has 3 nitrogen and oxygen atoms in total. The molecule has 1 aromatic rings. The molecule has 0 atom stereocenters. The number of ether oxygens (including phenoxy) is 2. The second-order valence-corrected chi connectivity index (χ2v) is 5.08. The Bertz CT molecular complexity index is 422. The van der Waals surface area contributed by atoms with Gasteiger partial charge in [0.25, 0.3) is 0 Å². The zero-order valence-electron chi connectivity index (χ0n) is 11.2. The molecule has 0 saturated heterocycles. The molecule has 0 aliphatic heterocycles. The summed E-state index contributed by atoms with van der Waals surface area (Å²) in [6.07, 6.45) is 0. The van der Waals surface area contributed by atoms with Crippen molar-refractivity contribution in [3.05, 3.63) is 35.1 Å². The van der Waals surface area contributed by atoms with Gasteiger partial charge in [-0.15, -0.1) is 0 Å². The van der Waals surface area contributed by atoms with E-state index in [2.05, 4.69) is 0 Å². The normalized spacial score (nSPS) is 11.4. The molecule has 0 aliphatic rings. The van der Waals surface area contributed by atoms with E-state index in [1.54, 1.807) is 13.0 Å². The highest BCUT2D eigenvalue weighted by atomic mass is 19.1. The van der Waals surface area contributed by atoms with Gasteiger partial charge in [-0.2, -0.15) is 0 Å². The van der Waals surface area contributed by atoms with E-state index in [0.29, 0.717) is 6.61 Å². The average molecular weight is 254 g/mol. The molecule has 4 heteroatoms. The molecular weight excluding hydrogens is 235 g/mol. The molecule has 0 spiro atoms. The van der Waals surface area contributed by atoms with E-state index in [0.717, 1.165) is 5.56 Å². The van der Waals surface area contributed by atoms with Crippen molar-refractivity contribution < 1.29 is 18.7 Å². The molecule has 0 heterocycles. The highest BCUT2D eigenvalue weighted by Crippen LogP contribution is 2.11. The van der Waals surface area contributed by atoms with Crippen molar-refractivity contribution in [2.45, 2.75) is 33.3 Å². The first-order valence-electron chi connectivity index (χ1n) is 5.87. The molecule has 18 heavy (non-hydrogen) atoms. The Kier molecular flexibility index (Phi) is 4.84. The maximum absolute atomic E-state index is 13.5. The van der Waals surface area contributed by atoms with Crippen LogP contribution >= 0.6 is 0 Å². The van der Waals surface area contributed by atoms with Gasteiger partial charge in [-0.25, -0.2) is 9.18 Å². The number of carbonyl (C=O) groups is 1. The van der Waals surface area contributed by atoms with Gasteiger partial charge >= 0.3 is 5.97 Å². The zero-order valence-corrected chi connectivity index (χ0v) is 11.2. The van der Waals surface area contributed by atoms with Crippen molar-refractivity contribution in [3.63, 3.8) is 0 Å². The zero-order chi connectivity index (χ0) is 13.8. The largest absolute Gasteiger partial charge is 0.460 e. The monoisotopic (exact) mass is 254 g/mol. The summed E-state index contributed by atoms with van der Waals surface area (Å²) in [4.78, 5) is 11.6. The SMILES string of the molecule is Cc1ccc(C(=O)OCCOC(C)(C)C)c(F)c1. The van der Waals surface area contributed by atoms with Gasteiger partial charge in [0.2, 0.25) is 0 Å². The first-order valence-corrected chi connectivity index (χ1v) is 5.87. The van der Waals surface area contributed by atoms with Gasteiger partial charge in [0.15, 0.2) is 0 Å². The number of esters is 1. The van der Waals surface area contributed by atoms with Gasteiger partial charge in [0.05, 0.1) is 17.8 Å². The van der Waals surface area contributed by atoms with Crippen molar-refractivity contribution in [2.75, 3.05) is 13.2 Å². The van der Waals surface area contributed by atoms with Gasteiger partial charge in [-0.3, -0.25) is 0 Å². The Morgan fingerprint density at radius 1 is 1.28 bits per heavy atom. The summed E-state index contributed by atoms with van der Waals surface area (Å²) in [5, 5.41) is 0. The molecule has 0 saturated carbocycles. The van der Waals surface area contributed by atoms with Gasteiger partial charge in [-0.05, 0) is 45.4 Å². The number of halogens is 1. The smallest absolute Gasteiger partial charge is 0.341 e. The van der Waals surface area contributed by atoms with E-state index in [9.17, 15) is 9.18 Å². The van der Waals surface area contributed by atoms with Crippen LogP contribution in [0.2, 0.25) is 0 Å². The molecule has 0 bridgehead atoms. The molecule has 0 fully saturated rings. The quantitative estimate of drug-likeness (QED) is 0.611. The summed E-state index contributed by atoms with van der Waals surface area (Å²) in [5.74, 6) is -1.22. The second kappa shape index (κ2) is 5.96. The number of rotatable bonds is 4. The number of benzene rings is 1. The maximum Gasteiger partial charge on any atom is 0.341 e. The minimum atomic E-state index is -0.662. The predicted molar refractivity (Wildman–Crippen MR) is 67.1 cm³/mol. The van der Waals surface area contributed by atoms with Crippen LogP contribution in [-0.2, 0) is 9.47 Å². The van der Waals surface area contributed by atoms with Crippen LogP contribution in [0.15, 0.2) is 18.2 Å². The van der Waals surface area contributed by atoms with Crippen LogP contribution in [0.1, 0.15) is 36.7 Å². The fourth-order valence-electron chi connectivity index (χ4n) is 1.35. The highest BCUT2D eigenvalue weighted by Gasteiger charge is 2.14. The third-order valence-electron chi connectivity index (χ3n) is 2.20. The van der Waals surface area contributed by atoms with Crippen LogP contribution in [0.3, 0.4) is 0 Å². The van der Waals surface area contributed by atoms with Gasteiger partial charge in [0.1, 0.15) is 12.4 Å². The first kappa shape index (κ1) is 14.6. The van der Waals surface area contributed by atoms with Crippen LogP contribution in [0.25, 0.3) is 0 Å². The summed E-state index contributed by atoms with van der Waals surface area (Å²) in [5.41, 5.74) is 0.443. The van der Waals surface area contributed by atoms with E-state index < -0.39 is 11.8 Å². The number of hydrogen-bond acceptors (Lipinski definition) is 3. The lowest BCUT2D eigenvalue weighted by molar-refractivity contribution is -0.0282. The second-order valence-electron chi connectivity index (χ2n) is 5.08. The molecule has 100 valence electrons. The predicted octanol–water partition coefficient (Wildman–Crippen LogP) is 3.11. The van der Waals surface area contributed by atoms with Crippen LogP contribution in [0.4, 0.5) is 4.39 Å². The minimum absolute atomic E-state index is 0.0450. The lowest BCUT2D eigenvalue weighted by Gasteiger charge is -2.19. The van der Waals surface area contributed by atoms with Gasteiger partial charge in [0, 0.05) is 0 Å². The number of hydrogen-bond donors (Lipinski definition) is 0. The molecular formula is C14H19FO3. The molecule has 0 aromatic heterocycles. The summed E-state index contributed by atoms with van der Waals surface area (Å²) in [7, 11) is 0. The van der Waals surface area contributed by atoms with E-state index in [4.69, 9.17) is 9.47 Å². The standard InChI is InChI=1S/C14H19FO3/c1-10-5-6-11(12(15)9-10)13(16)17-7-8-18-14(2,3)4/h5-6,9H,7-8H2,1-4H3. The Morgan fingerprint density at radius 2 is 1.94 bits per heavy atom. The van der Waals surface area contributed by atoms with Crippen LogP contribution < -0.4 is 0 Å². The maximum atomic E-state index is 13.5. The third-order valence-corrected chi connectivity index (χ3v) is 2.20. The molecule has 0 unspecified atom stereocenters. The fraction of sp³-hybridized carbons (Fsp3) is 0.500. The van der Waals surface area contributed by atoms with E-state index in [-0.39, 0.29) is 17.8 Å². The van der Waals surface area contributed by atoms with Crippen molar-refractivity contribution in [2.24, 2.45) is 0 Å². The minimum Gasteiger partial charge on any atom is -0.460 e. The fourth-order valence-corrected chi connectivity index (χ4v) is 1.35. The average Bonchev–Trinajstić information content (AvgIpc) is 2.22. The number of carbonyl (C=O) groups excluding carboxylic acids is 1. The van der Waals surface area contributed by atoms with Gasteiger partial charge in [-0.1, -0.05) is 6.07 Å². The summed E-state index contributed by atoms with van der Waals surface area (Å²) in [6, 6.07) is 4.41. The lowest BCUT2D eigenvalue weighted by atomic mass is 10.1. The number of aryl methyl sites for hydroxylation is 1. The van der Waals surface area contributed by atoms with Crippen LogP contribution in [-0.4, -0.2) is 24.8 Å². The van der Waals surface area contributed by atoms with E-state index >= 15 is 0 Å². The first-order chi connectivity index (χ1) is 8.29. The van der Waals surface area contributed by atoms with Gasteiger partial charge < -0.3 is 9.47 Å². The highest BCUT2D eigenvalue weighted by molar-refractivity contribution is 5.89. The molecule has 1 aromatic carbocycles. The Labute approximate surface area is 107 Å². The van der Waals surface area contributed by atoms with Crippen LogP contribution in [0.5, 0.6) is 0 Å². The Balaban J connectivity index is 2.46. The van der Waals surface area contributed by atoms with Crippen molar-refractivity contribution >= 4 is 5.97 Å². The molecule has 0 amide bonds. The third kappa shape index (κ3) is 4.84. The van der Waals surface area contributed by atoms with E-state index in [1.165, 1.54) is 12.1 Å². The summed E-state index contributed by atoms with van der Waals surface area (Å²) >= 11 is 0. The summed E-state index contributed by atoms with van der Waals surface area (Å²) < 4.78 is 23.8. The summed E-state index contributed by atoms with van der Waals surface area (Å²) in [6.45, 7) is 7.90. The van der Waals surface area contributed by atoms with Crippen molar-refractivity contribution in [1.29, 1.82) is 0 Å². The topological polar surface area (TPSA) is 35.5 Å². The lowest BCUT2D eigenvalue weighted by Crippen LogP contribution is -2.22. The Morgan fingerprint density at radius 3 is 2.50 bits per heavy atom. The molecule has 1 rings (SSSR count). The molecule has 0 N–H and O–H groups in total. The van der Waals surface area contributed by atoms with Crippen LogP contribution in [0, 0.1) is 12.7 Å². The van der Waals surface area contributed by atoms with Crippen molar-refractivity contribution in [1.82, 2.24) is 0 Å². The molecule has 0 aliphatic carbocycles.